The van der Waals surface area contributed by atoms with E-state index in [1.165, 1.54) is 6.08 Å². The van der Waals surface area contributed by atoms with Crippen LogP contribution < -0.4 is 5.73 Å². The summed E-state index contributed by atoms with van der Waals surface area (Å²) in [5, 5.41) is 0. The van der Waals surface area contributed by atoms with E-state index < -0.39 is 0 Å². The number of fused-ring (bicyclic) bond motifs is 8. The van der Waals surface area contributed by atoms with E-state index in [0.717, 1.165) is 57.0 Å². The van der Waals surface area contributed by atoms with Gasteiger partial charge in [0.05, 0.1) is 28.5 Å². The molecule has 0 fully saturated rings. The first-order valence-electron chi connectivity index (χ1n) is 10.3. The van der Waals surface area contributed by atoms with Crippen LogP contribution in [0.25, 0.3) is 46.4 Å². The van der Waals surface area contributed by atoms with Gasteiger partial charge in [-0.2, -0.15) is 0 Å². The standard InChI is InChI=1S/C20H14N4.C6H5NO2.Fe/c1-2-14-10-16-5-6-18(23-16)12-20-8-7-19(24-20)11-17-4-3-15(22-17)9-13(1)21-14;7-5-3-4(8)1-2-6(5)9;/h1-12,21,24H;1-3H,7H2;. The summed E-state index contributed by atoms with van der Waals surface area (Å²) in [4.78, 5) is 37.0. The van der Waals surface area contributed by atoms with Gasteiger partial charge < -0.3 is 15.7 Å². The average molecular weight is 489 g/mol. The van der Waals surface area contributed by atoms with E-state index in [0.29, 0.717) is 0 Å². The number of rotatable bonds is 0. The second kappa shape index (κ2) is 9.70. The van der Waals surface area contributed by atoms with E-state index in [4.69, 9.17) is 5.73 Å². The molecule has 2 aliphatic heterocycles. The van der Waals surface area contributed by atoms with Crippen molar-refractivity contribution in [3.63, 3.8) is 0 Å². The van der Waals surface area contributed by atoms with Crippen LogP contribution in [0.15, 0.2) is 72.5 Å². The zero-order chi connectivity index (χ0) is 22.8. The smallest absolute Gasteiger partial charge is 0.201 e. The maximum Gasteiger partial charge on any atom is 0.201 e. The number of nitrogens with one attached hydrogen (secondary N) is 2. The summed E-state index contributed by atoms with van der Waals surface area (Å²) in [5.74, 6) is -0.526. The number of hydrogen-bond acceptors (Lipinski definition) is 5. The minimum absolute atomic E-state index is 0. The maximum absolute atomic E-state index is 10.5. The number of carbonyl (C=O) groups is 2. The molecular formula is C26H19FeN5O2. The molecule has 8 heteroatoms. The third-order valence-corrected chi connectivity index (χ3v) is 5.02. The molecule has 0 radical (unpaired) electrons. The monoisotopic (exact) mass is 489 g/mol. The van der Waals surface area contributed by atoms with Crippen molar-refractivity contribution in [2.45, 2.75) is 0 Å². The van der Waals surface area contributed by atoms with Crippen molar-refractivity contribution in [2.75, 3.05) is 0 Å². The zero-order valence-electron chi connectivity index (χ0n) is 17.8. The van der Waals surface area contributed by atoms with E-state index in [-0.39, 0.29) is 34.3 Å². The SMILES string of the molecule is C1=Cc2cc3ccc(cc4nc(cc5ccc(cc1n2)[nH]5)C=C4)[nH]3.NC1=CC(=O)C=CC1=O.[Fe]. The number of aromatic nitrogens is 4. The van der Waals surface area contributed by atoms with Crippen LogP contribution in [0.4, 0.5) is 0 Å². The van der Waals surface area contributed by atoms with Crippen molar-refractivity contribution in [2.24, 2.45) is 5.73 Å². The molecule has 0 unspecified atom stereocenters. The first-order valence-corrected chi connectivity index (χ1v) is 10.3. The van der Waals surface area contributed by atoms with Gasteiger partial charge in [0.25, 0.3) is 0 Å². The first kappa shape index (κ1) is 22.9. The molecule has 0 saturated heterocycles. The fourth-order valence-electron chi connectivity index (χ4n) is 3.47. The van der Waals surface area contributed by atoms with Crippen molar-refractivity contribution >= 4 is 57.9 Å². The quantitative estimate of drug-likeness (QED) is 0.223. The summed E-state index contributed by atoms with van der Waals surface area (Å²) in [7, 11) is 0. The van der Waals surface area contributed by atoms with E-state index in [1.807, 2.05) is 48.6 Å². The normalized spacial score (nSPS) is 13.7. The molecule has 6 rings (SSSR count). The van der Waals surface area contributed by atoms with Crippen molar-refractivity contribution in [1.82, 2.24) is 19.9 Å². The molecule has 0 saturated carbocycles. The summed E-state index contributed by atoms with van der Waals surface area (Å²) in [6.07, 6.45) is 11.6. The van der Waals surface area contributed by atoms with Crippen LogP contribution in [-0.4, -0.2) is 31.5 Å². The topological polar surface area (TPSA) is 118 Å². The number of H-pyrrole nitrogens is 2. The van der Waals surface area contributed by atoms with Gasteiger partial charge in [0.1, 0.15) is 0 Å². The Hall–Kier alpha value is -4.26. The number of allylic oxidation sites excluding steroid dienone is 3. The van der Waals surface area contributed by atoms with Gasteiger partial charge in [0, 0.05) is 45.2 Å². The summed E-state index contributed by atoms with van der Waals surface area (Å²) < 4.78 is 0. The van der Waals surface area contributed by atoms with Gasteiger partial charge in [-0.15, -0.1) is 0 Å². The Morgan fingerprint density at radius 2 is 0.971 bits per heavy atom. The van der Waals surface area contributed by atoms with Gasteiger partial charge in [0.2, 0.25) is 5.78 Å². The molecule has 1 aliphatic carbocycles. The van der Waals surface area contributed by atoms with Gasteiger partial charge in [-0.25, -0.2) is 9.97 Å². The first-order chi connectivity index (χ1) is 16.0. The van der Waals surface area contributed by atoms with E-state index in [2.05, 4.69) is 44.2 Å². The van der Waals surface area contributed by atoms with Crippen LogP contribution in [0.5, 0.6) is 0 Å². The van der Waals surface area contributed by atoms with Crippen LogP contribution in [0.2, 0.25) is 0 Å². The second-order valence-corrected chi connectivity index (χ2v) is 7.60. The molecule has 3 aliphatic rings. The Kier molecular flexibility index (Phi) is 6.54. The van der Waals surface area contributed by atoms with Gasteiger partial charge in [-0.1, -0.05) is 0 Å². The third kappa shape index (κ3) is 5.38. The average Bonchev–Trinajstić information content (AvgIpc) is 3.57. The van der Waals surface area contributed by atoms with Crippen molar-refractivity contribution < 1.29 is 26.7 Å². The van der Waals surface area contributed by atoms with Crippen LogP contribution in [0.1, 0.15) is 22.8 Å². The van der Waals surface area contributed by atoms with Crippen LogP contribution in [-0.2, 0) is 26.7 Å². The second-order valence-electron chi connectivity index (χ2n) is 7.60. The number of nitrogens with two attached hydrogens (primary N) is 1. The van der Waals surface area contributed by atoms with Gasteiger partial charge in [-0.3, -0.25) is 9.59 Å². The Labute approximate surface area is 205 Å². The predicted octanol–water partition coefficient (Wildman–Crippen LogP) is 4.19. The molecule has 34 heavy (non-hydrogen) atoms. The van der Waals surface area contributed by atoms with Crippen LogP contribution in [0, 0.1) is 0 Å². The Morgan fingerprint density at radius 3 is 1.29 bits per heavy atom. The summed E-state index contributed by atoms with van der Waals surface area (Å²) in [6.45, 7) is 0. The molecule has 0 amide bonds. The number of ketones is 2. The largest absolute Gasteiger partial charge is 0.395 e. The molecular weight excluding hydrogens is 470 g/mol. The van der Waals surface area contributed by atoms with Gasteiger partial charge in [-0.05, 0) is 85.0 Å². The fraction of sp³-hybridized carbons (Fsp3) is 0. The molecule has 0 aromatic carbocycles. The predicted molar refractivity (Wildman–Crippen MR) is 130 cm³/mol. The zero-order valence-corrected chi connectivity index (χ0v) is 18.9. The fourth-order valence-corrected chi connectivity index (χ4v) is 3.47. The number of nitrogens with zero attached hydrogens (tertiary/aromatic N) is 2. The van der Waals surface area contributed by atoms with Crippen molar-refractivity contribution in [3.8, 4) is 0 Å². The summed E-state index contributed by atoms with van der Waals surface area (Å²) in [5.41, 5.74) is 13.0. The summed E-state index contributed by atoms with van der Waals surface area (Å²) in [6, 6.07) is 16.4. The number of aromatic amines is 2. The third-order valence-electron chi connectivity index (χ3n) is 5.02. The summed E-state index contributed by atoms with van der Waals surface area (Å²) >= 11 is 0. The molecule has 3 aromatic heterocycles. The number of hydrogen-bond donors (Lipinski definition) is 3. The van der Waals surface area contributed by atoms with Crippen molar-refractivity contribution in [3.05, 3.63) is 95.2 Å². The minimum Gasteiger partial charge on any atom is -0.395 e. The van der Waals surface area contributed by atoms with Crippen LogP contribution in [0.3, 0.4) is 0 Å². The van der Waals surface area contributed by atoms with E-state index in [1.54, 1.807) is 0 Å². The Balaban J connectivity index is 0.000000234. The van der Waals surface area contributed by atoms with Crippen molar-refractivity contribution in [1.29, 1.82) is 0 Å². The maximum atomic E-state index is 10.5. The Bertz CT molecular complexity index is 1400. The minimum atomic E-state index is -0.297. The molecule has 168 valence electrons. The molecule has 4 N–H and O–H groups in total. The molecule has 8 bridgehead atoms. The molecule has 0 spiro atoms. The van der Waals surface area contributed by atoms with Gasteiger partial charge in [0.15, 0.2) is 5.78 Å². The van der Waals surface area contributed by atoms with Crippen LogP contribution >= 0.6 is 0 Å². The molecule has 7 nitrogen and oxygen atoms in total. The van der Waals surface area contributed by atoms with E-state index >= 15 is 0 Å². The molecule has 0 atom stereocenters. The molecule has 5 heterocycles. The Morgan fingerprint density at radius 1 is 0.588 bits per heavy atom. The van der Waals surface area contributed by atoms with Gasteiger partial charge >= 0.3 is 0 Å². The molecule has 3 aromatic rings. The van der Waals surface area contributed by atoms with E-state index in [9.17, 15) is 9.59 Å². The number of carbonyl (C=O) groups excluding carboxylic acids is 2.